The van der Waals surface area contributed by atoms with Crippen LogP contribution < -0.4 is 0 Å². The van der Waals surface area contributed by atoms with Crippen molar-refractivity contribution < 1.29 is 0 Å². The molecule has 0 aromatic heterocycles. The Morgan fingerprint density at radius 2 is 1.44 bits per heavy atom. The normalized spacial score (nSPS) is 50.2. The van der Waals surface area contributed by atoms with E-state index in [0.717, 1.165) is 35.2 Å². The van der Waals surface area contributed by atoms with E-state index in [1.807, 2.05) is 0 Å². The van der Waals surface area contributed by atoms with Crippen LogP contribution in [0.2, 0.25) is 0 Å². The van der Waals surface area contributed by atoms with Crippen molar-refractivity contribution in [3.8, 4) is 0 Å². The fourth-order valence-corrected chi connectivity index (χ4v) is 4.65. The molecule has 0 aliphatic heterocycles. The first-order valence-corrected chi connectivity index (χ1v) is 8.00. The van der Waals surface area contributed by atoms with Crippen LogP contribution in [0, 0.1) is 29.6 Å². The Morgan fingerprint density at radius 3 is 2.00 bits per heavy atom. The van der Waals surface area contributed by atoms with Crippen molar-refractivity contribution in [2.75, 3.05) is 0 Å². The summed E-state index contributed by atoms with van der Waals surface area (Å²) in [6.45, 7) is 7.35. The van der Waals surface area contributed by atoms with Gasteiger partial charge in [-0.1, -0.05) is 33.6 Å². The molecule has 5 atom stereocenters. The fourth-order valence-electron chi connectivity index (χ4n) is 3.92. The van der Waals surface area contributed by atoms with Gasteiger partial charge in [-0.25, -0.2) is 0 Å². The van der Waals surface area contributed by atoms with E-state index in [4.69, 9.17) is 0 Å². The molecular weight excluding hydrogens is 211 g/mol. The van der Waals surface area contributed by atoms with E-state index in [2.05, 4.69) is 30.0 Å². The van der Waals surface area contributed by atoms with Crippen LogP contribution in [-0.4, -0.2) is 5.66 Å². The fraction of sp³-hybridized carbons (Fsp3) is 1.00. The molecule has 0 bridgehead atoms. The van der Waals surface area contributed by atoms with E-state index in [1.165, 1.54) is 38.5 Å². The van der Waals surface area contributed by atoms with E-state index in [0.29, 0.717) is 0 Å². The van der Waals surface area contributed by atoms with Gasteiger partial charge in [0.05, 0.1) is 0 Å². The maximum Gasteiger partial charge on any atom is -0.0233 e. The summed E-state index contributed by atoms with van der Waals surface area (Å²) in [6, 6.07) is 0. The second-order valence-corrected chi connectivity index (χ2v) is 7.61. The molecule has 94 valence electrons. The highest BCUT2D eigenvalue weighted by Gasteiger charge is 2.35. The summed E-state index contributed by atoms with van der Waals surface area (Å²) < 4.78 is 0. The van der Waals surface area contributed by atoms with Gasteiger partial charge in [0.25, 0.3) is 0 Å². The molecule has 2 aliphatic rings. The predicted octanol–water partition coefficient (Wildman–Crippen LogP) is 4.74. The Bertz CT molecular complexity index is 205. The maximum atomic E-state index is 3.12. The van der Waals surface area contributed by atoms with E-state index in [-0.39, 0.29) is 0 Å². The van der Waals surface area contributed by atoms with Gasteiger partial charge >= 0.3 is 0 Å². The summed E-state index contributed by atoms with van der Waals surface area (Å²) in [5.41, 5.74) is 0.882. The molecule has 0 saturated heterocycles. The molecule has 2 saturated carbocycles. The van der Waals surface area contributed by atoms with Gasteiger partial charge < -0.3 is 0 Å². The highest BCUT2D eigenvalue weighted by molar-refractivity contribution is 7.17. The molecule has 0 nitrogen and oxygen atoms in total. The molecule has 0 heterocycles. The molecule has 2 rings (SSSR count). The lowest BCUT2D eigenvalue weighted by molar-refractivity contribution is 0.124. The van der Waals surface area contributed by atoms with Crippen LogP contribution >= 0.6 is 9.24 Å². The lowest BCUT2D eigenvalue weighted by atomic mass is 9.66. The van der Waals surface area contributed by atoms with Crippen molar-refractivity contribution in [1.82, 2.24) is 0 Å². The third-order valence-corrected chi connectivity index (χ3v) is 6.43. The molecule has 0 amide bonds. The second-order valence-electron chi connectivity index (χ2n) is 6.75. The third-order valence-electron chi connectivity index (χ3n) is 5.55. The third kappa shape index (κ3) is 2.81. The van der Waals surface area contributed by atoms with Crippen molar-refractivity contribution in [2.24, 2.45) is 29.6 Å². The first kappa shape index (κ1) is 12.9. The molecule has 0 aromatic rings. The van der Waals surface area contributed by atoms with Gasteiger partial charge in [0.15, 0.2) is 0 Å². The molecule has 0 N–H and O–H groups in total. The Kier molecular flexibility index (Phi) is 4.33. The van der Waals surface area contributed by atoms with E-state index >= 15 is 0 Å². The zero-order valence-electron chi connectivity index (χ0n) is 11.3. The Labute approximate surface area is 104 Å². The minimum Gasteiger partial charge on any atom is -0.134 e. The van der Waals surface area contributed by atoms with Gasteiger partial charge in [0.2, 0.25) is 0 Å². The molecular formula is C15H29P. The average Bonchev–Trinajstić information content (AvgIpc) is 2.26. The summed E-state index contributed by atoms with van der Waals surface area (Å²) in [7, 11) is 3.12. The first-order valence-electron chi connectivity index (χ1n) is 7.33. The molecule has 16 heavy (non-hydrogen) atoms. The summed E-state index contributed by atoms with van der Waals surface area (Å²) in [5.74, 6) is 4.97. The van der Waals surface area contributed by atoms with Gasteiger partial charge in [-0.2, -0.15) is 0 Å². The minimum atomic E-state index is 0.882. The monoisotopic (exact) mass is 240 g/mol. The van der Waals surface area contributed by atoms with Crippen LogP contribution in [0.15, 0.2) is 0 Å². The molecule has 2 fully saturated rings. The van der Waals surface area contributed by atoms with Crippen LogP contribution in [-0.2, 0) is 0 Å². The van der Waals surface area contributed by atoms with Gasteiger partial charge in [-0.3, -0.25) is 0 Å². The zero-order chi connectivity index (χ0) is 11.7. The standard InChI is InChI=1S/C15H29P/c1-10-4-6-13(7-5-10)14-8-11(2)12(3)15(16)9-14/h10-15H,4-9,16H2,1-3H3. The van der Waals surface area contributed by atoms with Gasteiger partial charge in [-0.05, 0) is 60.9 Å². The van der Waals surface area contributed by atoms with Gasteiger partial charge in [0, 0.05) is 0 Å². The van der Waals surface area contributed by atoms with E-state index < -0.39 is 0 Å². The highest BCUT2D eigenvalue weighted by atomic mass is 31.0. The lowest BCUT2D eigenvalue weighted by Crippen LogP contribution is -2.34. The Hall–Kier alpha value is 0.430. The Morgan fingerprint density at radius 1 is 0.812 bits per heavy atom. The topological polar surface area (TPSA) is 0 Å². The quantitative estimate of drug-likeness (QED) is 0.581. The van der Waals surface area contributed by atoms with Crippen molar-refractivity contribution >= 4 is 9.24 Å². The Balaban J connectivity index is 1.90. The predicted molar refractivity (Wildman–Crippen MR) is 75.7 cm³/mol. The van der Waals surface area contributed by atoms with E-state index in [9.17, 15) is 0 Å². The molecule has 1 heteroatoms. The van der Waals surface area contributed by atoms with Crippen molar-refractivity contribution in [2.45, 2.75) is 65.0 Å². The highest BCUT2D eigenvalue weighted by Crippen LogP contribution is 2.45. The smallest absolute Gasteiger partial charge is 0.0233 e. The summed E-state index contributed by atoms with van der Waals surface area (Å²) in [6.07, 6.45) is 9.01. The zero-order valence-corrected chi connectivity index (χ0v) is 12.4. The van der Waals surface area contributed by atoms with Crippen molar-refractivity contribution in [3.05, 3.63) is 0 Å². The van der Waals surface area contributed by atoms with Crippen molar-refractivity contribution in [1.29, 1.82) is 0 Å². The van der Waals surface area contributed by atoms with Crippen LogP contribution in [0.3, 0.4) is 0 Å². The van der Waals surface area contributed by atoms with Crippen LogP contribution in [0.1, 0.15) is 59.3 Å². The largest absolute Gasteiger partial charge is 0.134 e. The molecule has 0 aromatic carbocycles. The number of rotatable bonds is 1. The molecule has 5 unspecified atom stereocenters. The molecule has 2 aliphatic carbocycles. The van der Waals surface area contributed by atoms with Crippen LogP contribution in [0.5, 0.6) is 0 Å². The second kappa shape index (κ2) is 5.38. The summed E-state index contributed by atoms with van der Waals surface area (Å²) >= 11 is 0. The van der Waals surface area contributed by atoms with E-state index in [1.54, 1.807) is 0 Å². The number of hydrogen-bond acceptors (Lipinski definition) is 0. The SMILES string of the molecule is CC1CCC(C2CC(C)C(C)C(P)C2)CC1. The van der Waals surface area contributed by atoms with Gasteiger partial charge in [-0.15, -0.1) is 9.24 Å². The van der Waals surface area contributed by atoms with Crippen LogP contribution in [0.4, 0.5) is 0 Å². The van der Waals surface area contributed by atoms with Crippen LogP contribution in [0.25, 0.3) is 0 Å². The van der Waals surface area contributed by atoms with Gasteiger partial charge in [0.1, 0.15) is 0 Å². The summed E-state index contributed by atoms with van der Waals surface area (Å²) in [4.78, 5) is 0. The lowest BCUT2D eigenvalue weighted by Gasteiger charge is -2.42. The molecule has 0 radical (unpaired) electrons. The van der Waals surface area contributed by atoms with Crippen molar-refractivity contribution in [3.63, 3.8) is 0 Å². The maximum absolute atomic E-state index is 3.12. The molecule has 0 spiro atoms. The summed E-state index contributed by atoms with van der Waals surface area (Å²) in [5, 5.41) is 0. The minimum absolute atomic E-state index is 0.882. The number of hydrogen-bond donors (Lipinski definition) is 0. The average molecular weight is 240 g/mol. The first-order chi connectivity index (χ1) is 7.58.